The average Bonchev–Trinajstić information content (AvgIpc) is 3.24. The van der Waals surface area contributed by atoms with Crippen molar-refractivity contribution in [2.45, 2.75) is 19.0 Å². The molecule has 0 aliphatic carbocycles. The molecule has 3 aromatic carbocycles. The molecular formula is C25H26FN3O4. The highest BCUT2D eigenvalue weighted by atomic mass is 19.1. The molecule has 0 saturated carbocycles. The summed E-state index contributed by atoms with van der Waals surface area (Å²) in [5.74, 6) is -0.181. The Morgan fingerprint density at radius 1 is 1.06 bits per heavy atom. The number of hydrogen-bond acceptors (Lipinski definition) is 5. The molecule has 1 fully saturated rings. The number of carbonyl (C=O) groups is 2. The van der Waals surface area contributed by atoms with Crippen LogP contribution < -0.4 is 15.4 Å². The number of amides is 2. The molecule has 1 aliphatic rings. The molecule has 4 rings (SSSR count). The van der Waals surface area contributed by atoms with Crippen LogP contribution in [0.5, 0.6) is 5.75 Å². The number of rotatable bonds is 7. The molecule has 0 spiro atoms. The Bertz CT molecular complexity index is 1140. The van der Waals surface area contributed by atoms with Gasteiger partial charge in [-0.2, -0.15) is 0 Å². The highest BCUT2D eigenvalue weighted by Gasteiger charge is 2.24. The molecule has 1 aliphatic heterocycles. The fraction of sp³-hybridized carbons (Fsp3) is 0.280. The van der Waals surface area contributed by atoms with Crippen molar-refractivity contribution in [1.29, 1.82) is 0 Å². The predicted molar refractivity (Wildman–Crippen MR) is 124 cm³/mol. The summed E-state index contributed by atoms with van der Waals surface area (Å²) in [5.41, 5.74) is 1.79. The largest absolute Gasteiger partial charge is 0.482 e. The molecule has 2 amide bonds. The summed E-state index contributed by atoms with van der Waals surface area (Å²) in [6, 6.07) is 17.4. The van der Waals surface area contributed by atoms with E-state index >= 15 is 0 Å². The zero-order chi connectivity index (χ0) is 23.2. The first-order chi connectivity index (χ1) is 16.0. The van der Waals surface area contributed by atoms with E-state index in [4.69, 9.17) is 4.74 Å². The molecule has 1 saturated heterocycles. The quantitative estimate of drug-likeness (QED) is 0.532. The molecular weight excluding hydrogens is 425 g/mol. The fourth-order valence-electron chi connectivity index (χ4n) is 3.90. The number of ether oxygens (including phenoxy) is 2. The first-order valence-corrected chi connectivity index (χ1v) is 10.8. The SMILES string of the molecule is COC(=O)COc1ccc(NC(=O)N[C@@H]2CCN(Cc3ccc4cc(F)ccc4c3)C2)cc1. The maximum atomic E-state index is 13.4. The molecule has 1 heterocycles. The smallest absolute Gasteiger partial charge is 0.343 e. The van der Waals surface area contributed by atoms with Gasteiger partial charge in [0.25, 0.3) is 0 Å². The van der Waals surface area contributed by atoms with E-state index in [2.05, 4.69) is 26.3 Å². The average molecular weight is 451 g/mol. The van der Waals surface area contributed by atoms with Crippen molar-refractivity contribution < 1.29 is 23.5 Å². The van der Waals surface area contributed by atoms with E-state index in [1.807, 2.05) is 12.1 Å². The number of nitrogens with zero attached hydrogens (tertiary/aromatic N) is 1. The number of anilines is 1. The van der Waals surface area contributed by atoms with Crippen molar-refractivity contribution in [2.24, 2.45) is 0 Å². The zero-order valence-corrected chi connectivity index (χ0v) is 18.3. The van der Waals surface area contributed by atoms with Crippen molar-refractivity contribution in [2.75, 3.05) is 32.1 Å². The van der Waals surface area contributed by atoms with Gasteiger partial charge in [-0.25, -0.2) is 14.0 Å². The van der Waals surface area contributed by atoms with Crippen molar-refractivity contribution in [3.63, 3.8) is 0 Å². The van der Waals surface area contributed by atoms with Crippen LogP contribution in [0.25, 0.3) is 10.8 Å². The summed E-state index contributed by atoms with van der Waals surface area (Å²) in [6.45, 7) is 2.26. The number of likely N-dealkylation sites (tertiary alicyclic amines) is 1. The van der Waals surface area contributed by atoms with Crippen molar-refractivity contribution >= 4 is 28.5 Å². The zero-order valence-electron chi connectivity index (χ0n) is 18.3. The molecule has 8 heteroatoms. The van der Waals surface area contributed by atoms with E-state index in [9.17, 15) is 14.0 Å². The first kappa shape index (κ1) is 22.5. The minimum absolute atomic E-state index is 0.0576. The van der Waals surface area contributed by atoms with Crippen LogP contribution in [-0.2, 0) is 16.1 Å². The second-order valence-corrected chi connectivity index (χ2v) is 8.03. The maximum Gasteiger partial charge on any atom is 0.343 e. The summed E-state index contributed by atoms with van der Waals surface area (Å²) in [7, 11) is 1.30. The topological polar surface area (TPSA) is 79.9 Å². The minimum Gasteiger partial charge on any atom is -0.482 e. The van der Waals surface area contributed by atoms with Crippen molar-refractivity contribution in [3.05, 3.63) is 72.0 Å². The van der Waals surface area contributed by atoms with E-state index in [1.165, 1.54) is 19.2 Å². The molecule has 0 aromatic heterocycles. The number of benzene rings is 3. The van der Waals surface area contributed by atoms with Crippen LogP contribution in [0, 0.1) is 5.82 Å². The van der Waals surface area contributed by atoms with Crippen LogP contribution in [0.15, 0.2) is 60.7 Å². The number of halogens is 1. The number of esters is 1. The fourth-order valence-corrected chi connectivity index (χ4v) is 3.90. The highest BCUT2D eigenvalue weighted by Crippen LogP contribution is 2.20. The lowest BCUT2D eigenvalue weighted by Gasteiger charge is -2.17. The van der Waals surface area contributed by atoms with E-state index in [0.29, 0.717) is 11.4 Å². The Kier molecular flexibility index (Phi) is 7.04. The van der Waals surface area contributed by atoms with Crippen LogP contribution >= 0.6 is 0 Å². The van der Waals surface area contributed by atoms with Gasteiger partial charge in [-0.3, -0.25) is 4.90 Å². The lowest BCUT2D eigenvalue weighted by Crippen LogP contribution is -2.39. The van der Waals surface area contributed by atoms with Gasteiger partial charge in [0.05, 0.1) is 7.11 Å². The standard InChI is InChI=1S/C25H26FN3O4/c1-32-24(30)16-33-23-8-6-21(7-9-23)27-25(31)28-22-10-11-29(15-22)14-17-2-3-19-13-20(26)5-4-18(19)12-17/h2-9,12-13,22H,10-11,14-16H2,1H3,(H2,27,28,31)/t22-/m1/s1. The number of hydrogen-bond donors (Lipinski definition) is 2. The Morgan fingerprint density at radius 3 is 2.61 bits per heavy atom. The second kappa shape index (κ2) is 10.3. The molecule has 0 bridgehead atoms. The summed E-state index contributed by atoms with van der Waals surface area (Å²) in [6.07, 6.45) is 0.868. The van der Waals surface area contributed by atoms with Gasteiger partial charge in [0.1, 0.15) is 11.6 Å². The van der Waals surface area contributed by atoms with Crippen LogP contribution in [0.1, 0.15) is 12.0 Å². The van der Waals surface area contributed by atoms with Crippen molar-refractivity contribution in [1.82, 2.24) is 10.2 Å². The van der Waals surface area contributed by atoms with Crippen LogP contribution in [0.4, 0.5) is 14.9 Å². The van der Waals surface area contributed by atoms with E-state index in [0.717, 1.165) is 42.4 Å². The van der Waals surface area contributed by atoms with E-state index in [1.54, 1.807) is 30.3 Å². The third-order valence-electron chi connectivity index (χ3n) is 5.58. The minimum atomic E-state index is -0.460. The van der Waals surface area contributed by atoms with Gasteiger partial charge in [-0.1, -0.05) is 18.2 Å². The molecule has 33 heavy (non-hydrogen) atoms. The summed E-state index contributed by atoms with van der Waals surface area (Å²) in [5, 5.41) is 7.74. The number of fused-ring (bicyclic) bond motifs is 1. The molecule has 2 N–H and O–H groups in total. The summed E-state index contributed by atoms with van der Waals surface area (Å²) in [4.78, 5) is 25.8. The molecule has 172 valence electrons. The molecule has 7 nitrogen and oxygen atoms in total. The normalized spacial score (nSPS) is 15.9. The number of urea groups is 1. The Hall–Kier alpha value is -3.65. The van der Waals surface area contributed by atoms with E-state index in [-0.39, 0.29) is 24.5 Å². The van der Waals surface area contributed by atoms with Crippen LogP contribution in [0.2, 0.25) is 0 Å². The lowest BCUT2D eigenvalue weighted by atomic mass is 10.1. The molecule has 1 atom stereocenters. The summed E-state index contributed by atoms with van der Waals surface area (Å²) < 4.78 is 23.2. The maximum absolute atomic E-state index is 13.4. The van der Waals surface area contributed by atoms with Crippen LogP contribution in [-0.4, -0.2) is 49.7 Å². The van der Waals surface area contributed by atoms with Gasteiger partial charge >= 0.3 is 12.0 Å². The van der Waals surface area contributed by atoms with Gasteiger partial charge in [0.15, 0.2) is 6.61 Å². The Balaban J connectivity index is 1.24. The van der Waals surface area contributed by atoms with Gasteiger partial charge in [0, 0.05) is 31.4 Å². The highest BCUT2D eigenvalue weighted by molar-refractivity contribution is 5.89. The molecule has 0 unspecified atom stereocenters. The Morgan fingerprint density at radius 2 is 1.82 bits per heavy atom. The third kappa shape index (κ3) is 6.20. The molecule has 3 aromatic rings. The van der Waals surface area contributed by atoms with E-state index < -0.39 is 5.97 Å². The first-order valence-electron chi connectivity index (χ1n) is 10.8. The van der Waals surface area contributed by atoms with Gasteiger partial charge < -0.3 is 20.1 Å². The monoisotopic (exact) mass is 451 g/mol. The molecule has 0 radical (unpaired) electrons. The van der Waals surface area contributed by atoms with Gasteiger partial charge in [-0.15, -0.1) is 0 Å². The Labute approximate surface area is 191 Å². The number of carbonyl (C=O) groups excluding carboxylic acids is 2. The lowest BCUT2D eigenvalue weighted by molar-refractivity contribution is -0.142. The van der Waals surface area contributed by atoms with Gasteiger partial charge in [0.2, 0.25) is 0 Å². The van der Waals surface area contributed by atoms with Crippen molar-refractivity contribution in [3.8, 4) is 5.75 Å². The second-order valence-electron chi connectivity index (χ2n) is 8.03. The number of nitrogens with one attached hydrogen (secondary N) is 2. The third-order valence-corrected chi connectivity index (χ3v) is 5.58. The van der Waals surface area contributed by atoms with Gasteiger partial charge in [-0.05, 0) is 65.2 Å². The number of methoxy groups -OCH3 is 1. The predicted octanol–water partition coefficient (Wildman–Crippen LogP) is 3.93. The van der Waals surface area contributed by atoms with Crippen LogP contribution in [0.3, 0.4) is 0 Å². The summed E-state index contributed by atoms with van der Waals surface area (Å²) >= 11 is 0.